The van der Waals surface area contributed by atoms with Crippen LogP contribution < -0.4 is 0 Å². The van der Waals surface area contributed by atoms with E-state index in [1.54, 1.807) is 0 Å². The first-order chi connectivity index (χ1) is 13.3. The van der Waals surface area contributed by atoms with Crippen molar-refractivity contribution < 1.29 is 0 Å². The minimum absolute atomic E-state index is 1.11. The van der Waals surface area contributed by atoms with E-state index in [0.29, 0.717) is 0 Å². The van der Waals surface area contributed by atoms with E-state index in [4.69, 9.17) is 0 Å². The summed E-state index contributed by atoms with van der Waals surface area (Å²) in [4.78, 5) is 0. The van der Waals surface area contributed by atoms with Gasteiger partial charge in [-0.05, 0) is 67.1 Å². The normalized spacial score (nSPS) is 11.9. The van der Waals surface area contributed by atoms with Gasteiger partial charge in [-0.1, -0.05) is 94.8 Å². The number of hydrogen-bond donors (Lipinski definition) is 0. The topological polar surface area (TPSA) is 0 Å². The summed E-state index contributed by atoms with van der Waals surface area (Å²) in [5.41, 5.74) is 7.95. The standard InChI is InChI=1S/C26H15Br/c27-17-14-16-6-1-2-7-18(16)25(15-17)21-12-13-24-20-9-4-3-8-19(20)22-10-5-11-23(21)26(22)24/h1-15H. The molecule has 0 unspecified atom stereocenters. The molecule has 0 N–H and O–H groups in total. The van der Waals surface area contributed by atoms with Crippen LogP contribution in [0.1, 0.15) is 0 Å². The third kappa shape index (κ3) is 2.09. The molecule has 0 saturated carbocycles. The Kier molecular flexibility index (Phi) is 3.12. The summed E-state index contributed by atoms with van der Waals surface area (Å²) in [6, 6.07) is 33.1. The minimum Gasteiger partial charge on any atom is -0.0616 e. The summed E-state index contributed by atoms with van der Waals surface area (Å²) in [5.74, 6) is 0. The molecule has 6 rings (SSSR count). The fourth-order valence-corrected chi connectivity index (χ4v) is 5.02. The molecule has 0 nitrogen and oxygen atoms in total. The summed E-state index contributed by atoms with van der Waals surface area (Å²) in [6.45, 7) is 0. The average molecular weight is 407 g/mol. The number of rotatable bonds is 1. The lowest BCUT2D eigenvalue weighted by molar-refractivity contribution is 1.66. The van der Waals surface area contributed by atoms with Crippen LogP contribution in [0.4, 0.5) is 0 Å². The summed E-state index contributed by atoms with van der Waals surface area (Å²) < 4.78 is 1.11. The van der Waals surface area contributed by atoms with Crippen molar-refractivity contribution in [2.24, 2.45) is 0 Å². The van der Waals surface area contributed by atoms with Crippen molar-refractivity contribution in [1.82, 2.24) is 0 Å². The molecule has 0 aliphatic heterocycles. The summed E-state index contributed by atoms with van der Waals surface area (Å²) in [5, 5.41) is 5.25. The molecule has 1 aliphatic carbocycles. The van der Waals surface area contributed by atoms with E-state index in [2.05, 4.69) is 107 Å². The second-order valence-electron chi connectivity index (χ2n) is 7.11. The molecule has 0 amide bonds. The SMILES string of the molecule is Brc1cc(-c2ccc3c4c(cccc24)-c2ccccc2-3)c2ccccc2c1. The van der Waals surface area contributed by atoms with Gasteiger partial charge in [0.25, 0.3) is 0 Å². The van der Waals surface area contributed by atoms with Crippen molar-refractivity contribution in [2.75, 3.05) is 0 Å². The van der Waals surface area contributed by atoms with E-state index in [1.807, 2.05) is 0 Å². The van der Waals surface area contributed by atoms with Gasteiger partial charge in [-0.3, -0.25) is 0 Å². The van der Waals surface area contributed by atoms with Crippen LogP contribution in [0.25, 0.3) is 54.9 Å². The molecule has 0 radical (unpaired) electrons. The van der Waals surface area contributed by atoms with E-state index < -0.39 is 0 Å². The molecule has 0 saturated heterocycles. The Morgan fingerprint density at radius 2 is 1.07 bits per heavy atom. The Morgan fingerprint density at radius 3 is 1.93 bits per heavy atom. The number of halogens is 1. The van der Waals surface area contributed by atoms with Gasteiger partial charge in [0.15, 0.2) is 0 Å². The zero-order valence-corrected chi connectivity index (χ0v) is 16.1. The second kappa shape index (κ2) is 5.55. The largest absolute Gasteiger partial charge is 0.0616 e. The van der Waals surface area contributed by atoms with Gasteiger partial charge in [0.1, 0.15) is 0 Å². The lowest BCUT2D eigenvalue weighted by atomic mass is 9.91. The highest BCUT2D eigenvalue weighted by atomic mass is 79.9. The van der Waals surface area contributed by atoms with Crippen LogP contribution in [0.15, 0.2) is 95.5 Å². The van der Waals surface area contributed by atoms with Gasteiger partial charge in [-0.25, -0.2) is 0 Å². The van der Waals surface area contributed by atoms with Crippen molar-refractivity contribution in [3.05, 3.63) is 95.5 Å². The predicted molar refractivity (Wildman–Crippen MR) is 119 cm³/mol. The highest BCUT2D eigenvalue weighted by molar-refractivity contribution is 9.10. The maximum atomic E-state index is 3.71. The van der Waals surface area contributed by atoms with Gasteiger partial charge in [0.2, 0.25) is 0 Å². The molecule has 5 aromatic rings. The molecule has 0 spiro atoms. The van der Waals surface area contributed by atoms with Gasteiger partial charge in [0, 0.05) is 4.47 Å². The van der Waals surface area contributed by atoms with Crippen LogP contribution >= 0.6 is 15.9 Å². The van der Waals surface area contributed by atoms with Crippen molar-refractivity contribution >= 4 is 37.5 Å². The van der Waals surface area contributed by atoms with Crippen LogP contribution in [-0.2, 0) is 0 Å². The Labute approximate surface area is 166 Å². The quantitative estimate of drug-likeness (QED) is 0.259. The fraction of sp³-hybridized carbons (Fsp3) is 0. The van der Waals surface area contributed by atoms with Crippen molar-refractivity contribution in [3.63, 3.8) is 0 Å². The summed E-state index contributed by atoms with van der Waals surface area (Å²) in [7, 11) is 0. The number of fused-ring (bicyclic) bond motifs is 4. The van der Waals surface area contributed by atoms with E-state index in [9.17, 15) is 0 Å². The first-order valence-corrected chi connectivity index (χ1v) is 9.95. The maximum Gasteiger partial charge on any atom is 0.0187 e. The molecular formula is C26H15Br. The molecule has 1 aliphatic rings. The summed E-state index contributed by atoms with van der Waals surface area (Å²) in [6.07, 6.45) is 0. The molecular weight excluding hydrogens is 392 g/mol. The van der Waals surface area contributed by atoms with E-state index in [0.717, 1.165) is 4.47 Å². The third-order valence-corrected chi connectivity index (χ3v) is 6.12. The van der Waals surface area contributed by atoms with Crippen molar-refractivity contribution in [2.45, 2.75) is 0 Å². The minimum atomic E-state index is 1.11. The maximum absolute atomic E-state index is 3.71. The highest BCUT2D eigenvalue weighted by Gasteiger charge is 2.22. The molecule has 1 heteroatoms. The molecule has 5 aromatic carbocycles. The second-order valence-corrected chi connectivity index (χ2v) is 8.02. The highest BCUT2D eigenvalue weighted by Crippen LogP contribution is 2.49. The fourth-order valence-electron chi connectivity index (χ4n) is 4.54. The van der Waals surface area contributed by atoms with Crippen LogP contribution in [0.2, 0.25) is 0 Å². The van der Waals surface area contributed by atoms with Crippen molar-refractivity contribution in [3.8, 4) is 33.4 Å². The first kappa shape index (κ1) is 15.2. The monoisotopic (exact) mass is 406 g/mol. The molecule has 0 aromatic heterocycles. The first-order valence-electron chi connectivity index (χ1n) is 9.15. The van der Waals surface area contributed by atoms with Gasteiger partial charge in [-0.2, -0.15) is 0 Å². The Morgan fingerprint density at radius 1 is 0.444 bits per heavy atom. The van der Waals surface area contributed by atoms with Gasteiger partial charge in [0.05, 0.1) is 0 Å². The third-order valence-electron chi connectivity index (χ3n) is 5.66. The van der Waals surface area contributed by atoms with Gasteiger partial charge < -0.3 is 0 Å². The van der Waals surface area contributed by atoms with Gasteiger partial charge >= 0.3 is 0 Å². The molecule has 0 heterocycles. The molecule has 0 fully saturated rings. The Hall–Kier alpha value is -2.90. The number of hydrogen-bond acceptors (Lipinski definition) is 0. The molecule has 126 valence electrons. The van der Waals surface area contributed by atoms with E-state index in [-0.39, 0.29) is 0 Å². The molecule has 27 heavy (non-hydrogen) atoms. The zero-order valence-electron chi connectivity index (χ0n) is 14.5. The van der Waals surface area contributed by atoms with E-state index in [1.165, 1.54) is 54.9 Å². The van der Waals surface area contributed by atoms with Crippen molar-refractivity contribution in [1.29, 1.82) is 0 Å². The molecule has 0 atom stereocenters. The van der Waals surface area contributed by atoms with Crippen LogP contribution in [0, 0.1) is 0 Å². The predicted octanol–water partition coefficient (Wildman–Crippen LogP) is 8.07. The smallest absolute Gasteiger partial charge is 0.0187 e. The zero-order chi connectivity index (χ0) is 18.0. The Bertz CT molecular complexity index is 1350. The molecule has 0 bridgehead atoms. The lowest BCUT2D eigenvalue weighted by Crippen LogP contribution is -1.86. The van der Waals surface area contributed by atoms with Crippen LogP contribution in [0.5, 0.6) is 0 Å². The van der Waals surface area contributed by atoms with E-state index >= 15 is 0 Å². The van der Waals surface area contributed by atoms with Crippen LogP contribution in [0.3, 0.4) is 0 Å². The van der Waals surface area contributed by atoms with Crippen LogP contribution in [-0.4, -0.2) is 0 Å². The summed E-state index contributed by atoms with van der Waals surface area (Å²) >= 11 is 3.71. The Balaban J connectivity index is 1.75. The lowest BCUT2D eigenvalue weighted by Gasteiger charge is -2.13. The number of benzene rings is 5. The average Bonchev–Trinajstić information content (AvgIpc) is 3.04. The van der Waals surface area contributed by atoms with Gasteiger partial charge in [-0.15, -0.1) is 0 Å².